The normalized spacial score (nSPS) is 12.1. The van der Waals surface area contributed by atoms with E-state index in [2.05, 4.69) is 155 Å². The molecular formula is C52H30N4OS. The Hall–Kier alpha value is -7.54. The molecule has 0 saturated carbocycles. The molecule has 0 unspecified atom stereocenters. The SMILES string of the molecule is c1ccc(-c2nc(-c3cccc4sc5ccc(-n6c7ccccc7c7ccc8c9ccccc9n(-c9ccccc9)c8c76)cc5c34)nc3c2oc2ccccc23)cc1. The summed E-state index contributed by atoms with van der Waals surface area (Å²) in [4.78, 5) is 10.6. The Labute approximate surface area is 335 Å². The van der Waals surface area contributed by atoms with Crippen molar-refractivity contribution < 1.29 is 4.42 Å². The van der Waals surface area contributed by atoms with E-state index < -0.39 is 0 Å². The van der Waals surface area contributed by atoms with E-state index in [4.69, 9.17) is 14.4 Å². The molecule has 0 saturated heterocycles. The van der Waals surface area contributed by atoms with Gasteiger partial charge in [0.2, 0.25) is 0 Å². The molecule has 6 heteroatoms. The summed E-state index contributed by atoms with van der Waals surface area (Å²) < 4.78 is 13.8. The highest BCUT2D eigenvalue weighted by Crippen LogP contribution is 2.45. The number of fused-ring (bicyclic) bond motifs is 13. The summed E-state index contributed by atoms with van der Waals surface area (Å²) >= 11 is 1.81. The first kappa shape index (κ1) is 31.6. The predicted molar refractivity (Wildman–Crippen MR) is 242 cm³/mol. The van der Waals surface area contributed by atoms with E-state index in [1.54, 1.807) is 0 Å². The fourth-order valence-electron chi connectivity index (χ4n) is 9.26. The van der Waals surface area contributed by atoms with Crippen LogP contribution in [0, 0.1) is 0 Å². The number of benzene rings is 8. The van der Waals surface area contributed by atoms with Crippen molar-refractivity contribution in [1.29, 1.82) is 0 Å². The lowest BCUT2D eigenvalue weighted by atomic mass is 10.0. The van der Waals surface area contributed by atoms with Gasteiger partial charge in [-0.2, -0.15) is 0 Å². The van der Waals surface area contributed by atoms with E-state index in [-0.39, 0.29) is 0 Å². The molecule has 13 aromatic rings. The Bertz CT molecular complexity index is 3800. The average Bonchev–Trinajstić information content (AvgIpc) is 4.04. The fourth-order valence-corrected chi connectivity index (χ4v) is 10.4. The van der Waals surface area contributed by atoms with Crippen LogP contribution < -0.4 is 0 Å². The van der Waals surface area contributed by atoms with Gasteiger partial charge in [-0.1, -0.05) is 121 Å². The van der Waals surface area contributed by atoms with Gasteiger partial charge < -0.3 is 13.6 Å². The molecule has 0 aliphatic carbocycles. The van der Waals surface area contributed by atoms with E-state index >= 15 is 0 Å². The lowest BCUT2D eigenvalue weighted by Crippen LogP contribution is -1.98. The molecule has 270 valence electrons. The van der Waals surface area contributed by atoms with Gasteiger partial charge in [-0.15, -0.1) is 11.3 Å². The second-order valence-corrected chi connectivity index (χ2v) is 16.0. The molecule has 0 fully saturated rings. The second kappa shape index (κ2) is 12.0. The van der Waals surface area contributed by atoms with Crippen LogP contribution in [0.4, 0.5) is 0 Å². The van der Waals surface area contributed by atoms with Gasteiger partial charge in [-0.3, -0.25) is 0 Å². The molecule has 5 aromatic heterocycles. The van der Waals surface area contributed by atoms with Crippen molar-refractivity contribution in [2.45, 2.75) is 0 Å². The maximum atomic E-state index is 6.46. The van der Waals surface area contributed by atoms with Crippen LogP contribution in [0.2, 0.25) is 0 Å². The molecule has 5 nitrogen and oxygen atoms in total. The third kappa shape index (κ3) is 4.40. The Morgan fingerprint density at radius 1 is 0.448 bits per heavy atom. The van der Waals surface area contributed by atoms with E-state index in [0.29, 0.717) is 11.4 Å². The number of furan rings is 1. The van der Waals surface area contributed by atoms with Crippen LogP contribution in [0.15, 0.2) is 186 Å². The molecule has 0 radical (unpaired) electrons. The van der Waals surface area contributed by atoms with Crippen LogP contribution in [0.1, 0.15) is 0 Å². The third-order valence-corrected chi connectivity index (χ3v) is 12.9. The average molecular weight is 759 g/mol. The van der Waals surface area contributed by atoms with E-state index in [0.717, 1.165) is 50.1 Å². The summed E-state index contributed by atoms with van der Waals surface area (Å²) in [6, 6.07) is 64.8. The first-order valence-corrected chi connectivity index (χ1v) is 20.3. The lowest BCUT2D eigenvalue weighted by Gasteiger charge is -2.13. The molecule has 58 heavy (non-hydrogen) atoms. The van der Waals surface area contributed by atoms with Gasteiger partial charge in [-0.05, 0) is 60.7 Å². The van der Waals surface area contributed by atoms with Crippen LogP contribution >= 0.6 is 11.3 Å². The standard InChI is InChI=1S/C52H30N4OS/c1-3-14-31(15-4-1)47-51-48(38-20-9-12-24-43(38)57-51)54-52(53-47)39-21-13-25-45-46(39)40-30-33(26-29-44(40)58-45)56-42-23-11-8-19-35(42)37-28-27-36-34-18-7-10-22-41(34)55(49(36)50(37)56)32-16-5-2-6-17-32/h1-30H. The van der Waals surface area contributed by atoms with Crippen molar-refractivity contribution in [2.75, 3.05) is 0 Å². The first-order valence-electron chi connectivity index (χ1n) is 19.5. The summed E-state index contributed by atoms with van der Waals surface area (Å²) in [5, 5.41) is 8.23. The minimum absolute atomic E-state index is 0.680. The second-order valence-electron chi connectivity index (χ2n) is 14.9. The summed E-state index contributed by atoms with van der Waals surface area (Å²) in [5.74, 6) is 0.680. The van der Waals surface area contributed by atoms with E-state index in [9.17, 15) is 0 Å². The number of rotatable bonds is 4. The molecule has 0 aliphatic rings. The van der Waals surface area contributed by atoms with Crippen molar-refractivity contribution in [1.82, 2.24) is 19.1 Å². The number of nitrogens with zero attached hydrogens (tertiary/aromatic N) is 4. The molecule has 8 aromatic carbocycles. The Morgan fingerprint density at radius 3 is 1.83 bits per heavy atom. The van der Waals surface area contributed by atoms with Crippen LogP contribution in [0.5, 0.6) is 0 Å². The quantitative estimate of drug-likeness (QED) is 0.180. The Morgan fingerprint density at radius 2 is 1.09 bits per heavy atom. The summed E-state index contributed by atoms with van der Waals surface area (Å²) in [6.07, 6.45) is 0. The maximum absolute atomic E-state index is 6.46. The van der Waals surface area contributed by atoms with Gasteiger partial charge in [0.15, 0.2) is 11.4 Å². The molecule has 0 bridgehead atoms. The maximum Gasteiger partial charge on any atom is 0.180 e. The Balaban J connectivity index is 1.12. The Kier molecular flexibility index (Phi) is 6.54. The highest BCUT2D eigenvalue weighted by Gasteiger charge is 2.23. The topological polar surface area (TPSA) is 48.8 Å². The summed E-state index contributed by atoms with van der Waals surface area (Å²) in [6.45, 7) is 0. The monoisotopic (exact) mass is 758 g/mol. The molecule has 5 heterocycles. The fraction of sp³-hybridized carbons (Fsp3) is 0. The van der Waals surface area contributed by atoms with Gasteiger partial charge in [0, 0.05) is 69.6 Å². The molecule has 0 N–H and O–H groups in total. The molecule has 13 rings (SSSR count). The van der Waals surface area contributed by atoms with Gasteiger partial charge in [0.1, 0.15) is 16.8 Å². The van der Waals surface area contributed by atoms with E-state index in [1.807, 2.05) is 47.7 Å². The zero-order valence-electron chi connectivity index (χ0n) is 30.9. The molecule has 0 amide bonds. The van der Waals surface area contributed by atoms with Crippen molar-refractivity contribution in [3.63, 3.8) is 0 Å². The highest BCUT2D eigenvalue weighted by molar-refractivity contribution is 7.26. The number of hydrogen-bond acceptors (Lipinski definition) is 4. The zero-order chi connectivity index (χ0) is 37.9. The molecule has 0 aliphatic heterocycles. The van der Waals surface area contributed by atoms with Crippen LogP contribution in [-0.4, -0.2) is 19.1 Å². The largest absolute Gasteiger partial charge is 0.452 e. The third-order valence-electron chi connectivity index (χ3n) is 11.7. The summed E-state index contributed by atoms with van der Waals surface area (Å²) in [5.41, 5.74) is 12.1. The van der Waals surface area contributed by atoms with Crippen LogP contribution in [0.3, 0.4) is 0 Å². The van der Waals surface area contributed by atoms with Crippen LogP contribution in [-0.2, 0) is 0 Å². The van der Waals surface area contributed by atoms with Crippen molar-refractivity contribution in [2.24, 2.45) is 0 Å². The number of thiophene rings is 1. The molecular weight excluding hydrogens is 729 g/mol. The number of aromatic nitrogens is 4. The lowest BCUT2D eigenvalue weighted by molar-refractivity contribution is 0.667. The van der Waals surface area contributed by atoms with Gasteiger partial charge in [0.05, 0.1) is 22.1 Å². The zero-order valence-corrected chi connectivity index (χ0v) is 31.7. The molecule has 0 atom stereocenters. The van der Waals surface area contributed by atoms with Crippen molar-refractivity contribution in [3.05, 3.63) is 182 Å². The first-order chi connectivity index (χ1) is 28.8. The van der Waals surface area contributed by atoms with Crippen LogP contribution in [0.25, 0.3) is 120 Å². The number of hydrogen-bond donors (Lipinski definition) is 0. The smallest absolute Gasteiger partial charge is 0.180 e. The minimum Gasteiger partial charge on any atom is -0.452 e. The number of para-hydroxylation sites is 4. The van der Waals surface area contributed by atoms with E-state index in [1.165, 1.54) is 58.4 Å². The summed E-state index contributed by atoms with van der Waals surface area (Å²) in [7, 11) is 0. The van der Waals surface area contributed by atoms with Crippen molar-refractivity contribution in [3.8, 4) is 34.0 Å². The van der Waals surface area contributed by atoms with Gasteiger partial charge >= 0.3 is 0 Å². The highest BCUT2D eigenvalue weighted by atomic mass is 32.1. The van der Waals surface area contributed by atoms with Gasteiger partial charge in [0.25, 0.3) is 0 Å². The van der Waals surface area contributed by atoms with Gasteiger partial charge in [-0.25, -0.2) is 9.97 Å². The van der Waals surface area contributed by atoms with Crippen molar-refractivity contribution >= 4 is 97.2 Å². The minimum atomic E-state index is 0.680. The molecule has 0 spiro atoms. The predicted octanol–water partition coefficient (Wildman–Crippen LogP) is 14.3.